The molecule has 0 bridgehead atoms. The third-order valence-corrected chi connectivity index (χ3v) is 3.12. The highest BCUT2D eigenvalue weighted by Crippen LogP contribution is 2.21. The van der Waals surface area contributed by atoms with Gasteiger partial charge in [0.1, 0.15) is 5.69 Å². The van der Waals surface area contributed by atoms with E-state index in [4.69, 9.17) is 5.84 Å². The molecule has 0 aliphatic heterocycles. The van der Waals surface area contributed by atoms with Crippen molar-refractivity contribution in [3.8, 4) is 0 Å². The van der Waals surface area contributed by atoms with Crippen molar-refractivity contribution in [1.82, 2.24) is 4.98 Å². The van der Waals surface area contributed by atoms with Gasteiger partial charge in [0.25, 0.3) is 5.91 Å². The van der Waals surface area contributed by atoms with E-state index in [0.717, 1.165) is 11.3 Å². The Hall–Kier alpha value is -2.40. The van der Waals surface area contributed by atoms with Gasteiger partial charge < -0.3 is 10.3 Å². The second-order valence-corrected chi connectivity index (χ2v) is 4.41. The van der Waals surface area contributed by atoms with Crippen molar-refractivity contribution in [2.75, 3.05) is 16.9 Å². The monoisotopic (exact) mass is 270 g/mol. The van der Waals surface area contributed by atoms with Gasteiger partial charge in [-0.25, -0.2) is 4.98 Å². The van der Waals surface area contributed by atoms with E-state index in [1.165, 1.54) is 0 Å². The maximum atomic E-state index is 12.5. The van der Waals surface area contributed by atoms with Gasteiger partial charge in [-0.05, 0) is 37.6 Å². The zero-order valence-electron chi connectivity index (χ0n) is 11.6. The van der Waals surface area contributed by atoms with Crippen LogP contribution in [-0.4, -0.2) is 17.4 Å². The van der Waals surface area contributed by atoms with E-state index >= 15 is 0 Å². The Balaban J connectivity index is 2.31. The number of hydrogen-bond donors (Lipinski definition) is 2. The first-order chi connectivity index (χ1) is 9.67. The lowest BCUT2D eigenvalue weighted by Crippen LogP contribution is -2.31. The summed E-state index contributed by atoms with van der Waals surface area (Å²) in [7, 11) is 0. The number of benzene rings is 1. The van der Waals surface area contributed by atoms with Gasteiger partial charge in [0.15, 0.2) is 0 Å². The van der Waals surface area contributed by atoms with Crippen LogP contribution >= 0.6 is 0 Å². The highest BCUT2D eigenvalue weighted by molar-refractivity contribution is 6.05. The molecule has 1 aromatic carbocycles. The lowest BCUT2D eigenvalue weighted by molar-refractivity contribution is 0.0983. The minimum Gasteiger partial charge on any atom is -0.323 e. The number of hydrogen-bond acceptors (Lipinski definition) is 4. The highest BCUT2D eigenvalue weighted by Gasteiger charge is 2.18. The quantitative estimate of drug-likeness (QED) is 0.661. The topological polar surface area (TPSA) is 71.2 Å². The van der Waals surface area contributed by atoms with Gasteiger partial charge in [-0.2, -0.15) is 0 Å². The average molecular weight is 270 g/mol. The summed E-state index contributed by atoms with van der Waals surface area (Å²) in [6, 6.07) is 11.2. The van der Waals surface area contributed by atoms with Crippen LogP contribution in [0.15, 0.2) is 42.6 Å². The van der Waals surface area contributed by atoms with E-state index in [0.29, 0.717) is 17.9 Å². The van der Waals surface area contributed by atoms with Crippen LogP contribution in [0.2, 0.25) is 0 Å². The number of aromatic nitrogens is 1. The van der Waals surface area contributed by atoms with E-state index in [2.05, 4.69) is 10.4 Å². The molecule has 3 N–H and O–H groups in total. The molecule has 1 heterocycles. The standard InChI is InChI=1S/C15H18N4O/c1-3-19(14-7-5-4-6-11(14)2)15(20)13-9-8-12(18-16)10-17-13/h4-10,18H,3,16H2,1-2H3. The van der Waals surface area contributed by atoms with Crippen molar-refractivity contribution in [2.24, 2.45) is 5.84 Å². The van der Waals surface area contributed by atoms with Crippen molar-refractivity contribution in [3.63, 3.8) is 0 Å². The van der Waals surface area contributed by atoms with Gasteiger partial charge in [-0.1, -0.05) is 18.2 Å². The normalized spacial score (nSPS) is 10.2. The van der Waals surface area contributed by atoms with Gasteiger partial charge in [0.05, 0.1) is 11.9 Å². The summed E-state index contributed by atoms with van der Waals surface area (Å²) in [5.74, 6) is 5.17. The molecule has 0 aliphatic rings. The minimum absolute atomic E-state index is 0.120. The van der Waals surface area contributed by atoms with Crippen molar-refractivity contribution in [3.05, 3.63) is 53.9 Å². The molecule has 0 fully saturated rings. The van der Waals surface area contributed by atoms with Crippen LogP contribution in [0, 0.1) is 6.92 Å². The summed E-state index contributed by atoms with van der Waals surface area (Å²) < 4.78 is 0. The molecule has 0 spiro atoms. The molecule has 5 heteroatoms. The fourth-order valence-electron chi connectivity index (χ4n) is 2.03. The summed E-state index contributed by atoms with van der Waals surface area (Å²) in [5, 5.41) is 0. The van der Waals surface area contributed by atoms with E-state index < -0.39 is 0 Å². The number of pyridine rings is 1. The first-order valence-electron chi connectivity index (χ1n) is 6.47. The van der Waals surface area contributed by atoms with E-state index in [9.17, 15) is 4.79 Å². The second-order valence-electron chi connectivity index (χ2n) is 4.41. The van der Waals surface area contributed by atoms with Gasteiger partial charge in [-0.15, -0.1) is 0 Å². The van der Waals surface area contributed by atoms with Crippen LogP contribution in [0.5, 0.6) is 0 Å². The van der Waals surface area contributed by atoms with Gasteiger partial charge in [0.2, 0.25) is 0 Å². The maximum Gasteiger partial charge on any atom is 0.276 e. The first kappa shape index (κ1) is 14.0. The minimum atomic E-state index is -0.120. The number of aryl methyl sites for hydroxylation is 1. The van der Waals surface area contributed by atoms with Crippen LogP contribution < -0.4 is 16.2 Å². The molecular weight excluding hydrogens is 252 g/mol. The molecule has 5 nitrogen and oxygen atoms in total. The molecule has 104 valence electrons. The van der Waals surface area contributed by atoms with Crippen LogP contribution in [-0.2, 0) is 0 Å². The number of para-hydroxylation sites is 1. The Morgan fingerprint density at radius 1 is 1.30 bits per heavy atom. The Morgan fingerprint density at radius 3 is 2.60 bits per heavy atom. The largest absolute Gasteiger partial charge is 0.323 e. The first-order valence-corrected chi connectivity index (χ1v) is 6.47. The number of amides is 1. The smallest absolute Gasteiger partial charge is 0.276 e. The molecule has 2 rings (SSSR count). The van der Waals surface area contributed by atoms with Crippen molar-refractivity contribution in [2.45, 2.75) is 13.8 Å². The van der Waals surface area contributed by atoms with Gasteiger partial charge >= 0.3 is 0 Å². The predicted octanol–water partition coefficient (Wildman–Crippen LogP) is 2.34. The second kappa shape index (κ2) is 6.16. The Morgan fingerprint density at radius 2 is 2.05 bits per heavy atom. The van der Waals surface area contributed by atoms with Crippen LogP contribution in [0.4, 0.5) is 11.4 Å². The summed E-state index contributed by atoms with van der Waals surface area (Å²) in [6.45, 7) is 4.52. The summed E-state index contributed by atoms with van der Waals surface area (Å²) in [4.78, 5) is 18.4. The van der Waals surface area contributed by atoms with Crippen molar-refractivity contribution in [1.29, 1.82) is 0 Å². The number of nitrogens with zero attached hydrogens (tertiary/aromatic N) is 2. The maximum absolute atomic E-state index is 12.5. The molecule has 0 aliphatic carbocycles. The molecule has 0 saturated carbocycles. The van der Waals surface area contributed by atoms with Gasteiger partial charge in [0, 0.05) is 12.2 Å². The van der Waals surface area contributed by atoms with Crippen LogP contribution in [0.3, 0.4) is 0 Å². The lowest BCUT2D eigenvalue weighted by atomic mass is 10.1. The fraction of sp³-hybridized carbons (Fsp3) is 0.200. The van der Waals surface area contributed by atoms with E-state index in [1.54, 1.807) is 23.2 Å². The van der Waals surface area contributed by atoms with E-state index in [-0.39, 0.29) is 5.91 Å². The molecular formula is C15H18N4O. The predicted molar refractivity (Wildman–Crippen MR) is 80.6 cm³/mol. The number of hydrazine groups is 1. The summed E-state index contributed by atoms with van der Waals surface area (Å²) in [6.07, 6.45) is 1.54. The molecule has 0 unspecified atom stereocenters. The number of carbonyl (C=O) groups is 1. The summed E-state index contributed by atoms with van der Waals surface area (Å²) in [5.41, 5.74) is 5.52. The Bertz CT molecular complexity index is 595. The SMILES string of the molecule is CCN(C(=O)c1ccc(NN)cn1)c1ccccc1C. The summed E-state index contributed by atoms with van der Waals surface area (Å²) >= 11 is 0. The molecule has 2 aromatic rings. The molecule has 1 amide bonds. The van der Waals surface area contributed by atoms with Crippen molar-refractivity contribution < 1.29 is 4.79 Å². The molecule has 0 radical (unpaired) electrons. The Labute approximate surface area is 118 Å². The fourth-order valence-corrected chi connectivity index (χ4v) is 2.03. The van der Waals surface area contributed by atoms with Gasteiger partial charge in [-0.3, -0.25) is 10.6 Å². The zero-order chi connectivity index (χ0) is 14.5. The van der Waals surface area contributed by atoms with Crippen LogP contribution in [0.25, 0.3) is 0 Å². The number of carbonyl (C=O) groups excluding carboxylic acids is 1. The number of nitrogens with two attached hydrogens (primary N) is 1. The molecule has 0 saturated heterocycles. The molecule has 20 heavy (non-hydrogen) atoms. The zero-order valence-corrected chi connectivity index (χ0v) is 11.6. The van der Waals surface area contributed by atoms with Crippen LogP contribution in [0.1, 0.15) is 23.0 Å². The molecule has 1 aromatic heterocycles. The van der Waals surface area contributed by atoms with E-state index in [1.807, 2.05) is 38.1 Å². The lowest BCUT2D eigenvalue weighted by Gasteiger charge is -2.22. The number of rotatable bonds is 4. The molecule has 0 atom stereocenters. The average Bonchev–Trinajstić information content (AvgIpc) is 2.50. The number of nitrogens with one attached hydrogen (secondary N) is 1. The third-order valence-electron chi connectivity index (χ3n) is 3.12. The number of anilines is 2. The number of nitrogen functional groups attached to an aromatic ring is 1. The van der Waals surface area contributed by atoms with Crippen molar-refractivity contribution >= 4 is 17.3 Å². The third kappa shape index (κ3) is 2.78. The highest BCUT2D eigenvalue weighted by atomic mass is 16.2. The Kier molecular flexibility index (Phi) is 4.32.